The average Bonchev–Trinajstić information content (AvgIpc) is 2.74. The van der Waals surface area contributed by atoms with E-state index in [1.54, 1.807) is 19.2 Å². The number of hydrogen-bond donors (Lipinski definition) is 1. The Balaban J connectivity index is 0.00000256. The lowest BCUT2D eigenvalue weighted by Crippen LogP contribution is -2.43. The molecule has 160 valence electrons. The molecule has 2 aromatic carbocycles. The van der Waals surface area contributed by atoms with Crippen LogP contribution in [-0.2, 0) is 6.54 Å². The van der Waals surface area contributed by atoms with Crippen molar-refractivity contribution < 1.29 is 9.47 Å². The van der Waals surface area contributed by atoms with Crippen LogP contribution in [0.1, 0.15) is 5.56 Å². The summed E-state index contributed by atoms with van der Waals surface area (Å²) in [5.74, 6) is 1.58. The summed E-state index contributed by atoms with van der Waals surface area (Å²) in [6, 6.07) is 11.7. The molecule has 3 aromatic rings. The lowest BCUT2D eigenvalue weighted by molar-refractivity contribution is 0.148. The van der Waals surface area contributed by atoms with Crippen molar-refractivity contribution in [1.82, 2.24) is 19.8 Å². The van der Waals surface area contributed by atoms with E-state index in [-0.39, 0.29) is 18.0 Å². The SMILES string of the molecule is COc1cc(OC)c2c(=O)[nH]c(-c3ccc(CN4CCN(C)CC4)cc3)nc2c1.Cl. The molecule has 0 amide bonds. The van der Waals surface area contributed by atoms with Gasteiger partial charge in [0.15, 0.2) is 0 Å². The molecule has 1 aliphatic rings. The van der Waals surface area contributed by atoms with E-state index in [4.69, 9.17) is 9.47 Å². The van der Waals surface area contributed by atoms with Crippen LogP contribution < -0.4 is 15.0 Å². The number of nitrogens with zero attached hydrogens (tertiary/aromatic N) is 3. The van der Waals surface area contributed by atoms with E-state index < -0.39 is 0 Å². The molecule has 1 saturated heterocycles. The number of methoxy groups -OCH3 is 2. The molecular weight excluding hydrogens is 404 g/mol. The number of halogens is 1. The fraction of sp³-hybridized carbons (Fsp3) is 0.364. The number of rotatable bonds is 5. The van der Waals surface area contributed by atoms with Gasteiger partial charge in [0.1, 0.15) is 22.7 Å². The molecule has 30 heavy (non-hydrogen) atoms. The Morgan fingerprint density at radius 2 is 1.73 bits per heavy atom. The molecule has 0 bridgehead atoms. The van der Waals surface area contributed by atoms with Crippen LogP contribution in [0, 0.1) is 0 Å². The lowest BCUT2D eigenvalue weighted by Gasteiger charge is -2.32. The highest BCUT2D eigenvalue weighted by molar-refractivity contribution is 5.87. The second-order valence-corrected chi connectivity index (χ2v) is 7.41. The number of hydrogen-bond acceptors (Lipinski definition) is 6. The van der Waals surface area contributed by atoms with Crippen LogP contribution >= 0.6 is 12.4 Å². The molecule has 4 rings (SSSR count). The minimum atomic E-state index is -0.231. The van der Waals surface area contributed by atoms with Crippen molar-refractivity contribution in [3.05, 3.63) is 52.3 Å². The van der Waals surface area contributed by atoms with Gasteiger partial charge in [-0.05, 0) is 12.6 Å². The molecule has 8 heteroatoms. The standard InChI is InChI=1S/C22H26N4O3.ClH/c1-25-8-10-26(11-9-25)14-15-4-6-16(7-5-15)21-23-18-12-17(28-2)13-19(29-3)20(18)22(27)24-21;/h4-7,12-13H,8-11,14H2,1-3H3,(H,23,24,27);1H. The van der Waals surface area contributed by atoms with Gasteiger partial charge in [0.2, 0.25) is 0 Å². The monoisotopic (exact) mass is 430 g/mol. The summed E-state index contributed by atoms with van der Waals surface area (Å²) in [6.45, 7) is 5.31. The first-order chi connectivity index (χ1) is 14.1. The number of ether oxygens (including phenoxy) is 2. The first-order valence-corrected chi connectivity index (χ1v) is 9.73. The molecule has 0 spiro atoms. The summed E-state index contributed by atoms with van der Waals surface area (Å²) in [5.41, 5.74) is 2.44. The van der Waals surface area contributed by atoms with E-state index in [9.17, 15) is 4.79 Å². The van der Waals surface area contributed by atoms with Gasteiger partial charge >= 0.3 is 0 Å². The van der Waals surface area contributed by atoms with Crippen molar-refractivity contribution in [3.63, 3.8) is 0 Å². The van der Waals surface area contributed by atoms with Gasteiger partial charge in [0.25, 0.3) is 5.56 Å². The third-order valence-corrected chi connectivity index (χ3v) is 5.43. The van der Waals surface area contributed by atoms with Crippen molar-refractivity contribution in [2.75, 3.05) is 47.4 Å². The van der Waals surface area contributed by atoms with Crippen LogP contribution in [0.15, 0.2) is 41.2 Å². The first kappa shape index (κ1) is 22.1. The van der Waals surface area contributed by atoms with Crippen molar-refractivity contribution in [2.24, 2.45) is 0 Å². The third kappa shape index (κ3) is 4.59. The number of likely N-dealkylation sites (N-methyl/N-ethyl adjacent to an activating group) is 1. The number of piperazine rings is 1. The smallest absolute Gasteiger partial charge is 0.262 e. The lowest BCUT2D eigenvalue weighted by atomic mass is 10.1. The molecule has 1 fully saturated rings. The topological polar surface area (TPSA) is 70.7 Å². The van der Waals surface area contributed by atoms with Crippen molar-refractivity contribution >= 4 is 23.3 Å². The summed E-state index contributed by atoms with van der Waals surface area (Å²) >= 11 is 0. The maximum absolute atomic E-state index is 12.7. The van der Waals surface area contributed by atoms with E-state index in [1.807, 2.05) is 12.1 Å². The zero-order valence-electron chi connectivity index (χ0n) is 17.5. The molecular formula is C22H27ClN4O3. The molecule has 0 atom stereocenters. The van der Waals surface area contributed by atoms with Gasteiger partial charge in [0, 0.05) is 50.4 Å². The van der Waals surface area contributed by atoms with Crippen LogP contribution in [-0.4, -0.2) is 67.2 Å². The normalized spacial score (nSPS) is 15.0. The van der Waals surface area contributed by atoms with Gasteiger partial charge in [-0.2, -0.15) is 0 Å². The van der Waals surface area contributed by atoms with E-state index in [1.165, 1.54) is 12.7 Å². The van der Waals surface area contributed by atoms with Crippen molar-refractivity contribution in [1.29, 1.82) is 0 Å². The van der Waals surface area contributed by atoms with E-state index in [2.05, 4.69) is 38.9 Å². The Morgan fingerprint density at radius 3 is 2.37 bits per heavy atom. The zero-order valence-corrected chi connectivity index (χ0v) is 18.3. The number of aromatic nitrogens is 2. The van der Waals surface area contributed by atoms with Gasteiger partial charge in [-0.15, -0.1) is 12.4 Å². The first-order valence-electron chi connectivity index (χ1n) is 9.73. The van der Waals surface area contributed by atoms with Gasteiger partial charge in [-0.1, -0.05) is 24.3 Å². The Labute approximate surface area is 182 Å². The summed E-state index contributed by atoms with van der Waals surface area (Å²) < 4.78 is 10.6. The fourth-order valence-corrected chi connectivity index (χ4v) is 3.66. The van der Waals surface area contributed by atoms with Crippen LogP contribution in [0.25, 0.3) is 22.3 Å². The molecule has 0 unspecified atom stereocenters. The molecule has 2 heterocycles. The third-order valence-electron chi connectivity index (χ3n) is 5.43. The largest absolute Gasteiger partial charge is 0.497 e. The Morgan fingerprint density at radius 1 is 1.03 bits per heavy atom. The second-order valence-electron chi connectivity index (χ2n) is 7.41. The van der Waals surface area contributed by atoms with Gasteiger partial charge in [0.05, 0.1) is 19.7 Å². The number of aromatic amines is 1. The van der Waals surface area contributed by atoms with Crippen LogP contribution in [0.2, 0.25) is 0 Å². The molecule has 1 aromatic heterocycles. The summed E-state index contributed by atoms with van der Waals surface area (Å²) in [6.07, 6.45) is 0. The van der Waals surface area contributed by atoms with Crippen LogP contribution in [0.5, 0.6) is 11.5 Å². The van der Waals surface area contributed by atoms with Gasteiger partial charge in [-0.3, -0.25) is 9.69 Å². The van der Waals surface area contributed by atoms with Gasteiger partial charge in [-0.25, -0.2) is 4.98 Å². The van der Waals surface area contributed by atoms with Crippen LogP contribution in [0.4, 0.5) is 0 Å². The average molecular weight is 431 g/mol. The van der Waals surface area contributed by atoms with E-state index in [0.717, 1.165) is 38.3 Å². The van der Waals surface area contributed by atoms with Crippen molar-refractivity contribution in [2.45, 2.75) is 6.54 Å². The van der Waals surface area contributed by atoms with Gasteiger partial charge < -0.3 is 19.4 Å². The Hall–Kier alpha value is -2.61. The maximum atomic E-state index is 12.7. The van der Waals surface area contributed by atoms with E-state index >= 15 is 0 Å². The highest BCUT2D eigenvalue weighted by atomic mass is 35.5. The highest BCUT2D eigenvalue weighted by Gasteiger charge is 2.15. The minimum Gasteiger partial charge on any atom is -0.497 e. The molecule has 0 radical (unpaired) electrons. The number of nitrogens with one attached hydrogen (secondary N) is 1. The molecule has 1 N–H and O–H groups in total. The minimum absolute atomic E-state index is 0. The maximum Gasteiger partial charge on any atom is 0.262 e. The highest BCUT2D eigenvalue weighted by Crippen LogP contribution is 2.28. The molecule has 7 nitrogen and oxygen atoms in total. The Bertz CT molecular complexity index is 1060. The number of fused-ring (bicyclic) bond motifs is 1. The summed E-state index contributed by atoms with van der Waals surface area (Å²) in [4.78, 5) is 25.0. The molecule has 0 saturated carbocycles. The fourth-order valence-electron chi connectivity index (χ4n) is 3.66. The molecule has 0 aliphatic carbocycles. The summed E-state index contributed by atoms with van der Waals surface area (Å²) in [7, 11) is 5.27. The second kappa shape index (κ2) is 9.47. The zero-order chi connectivity index (χ0) is 20.4. The molecule has 1 aliphatic heterocycles. The van der Waals surface area contributed by atoms with Crippen molar-refractivity contribution in [3.8, 4) is 22.9 Å². The predicted molar refractivity (Wildman–Crippen MR) is 121 cm³/mol. The number of benzene rings is 2. The quantitative estimate of drug-likeness (QED) is 0.671. The summed E-state index contributed by atoms with van der Waals surface area (Å²) in [5, 5.41) is 0.420. The van der Waals surface area contributed by atoms with Crippen LogP contribution in [0.3, 0.4) is 0 Å². The Kier molecular flexibility index (Phi) is 6.97. The van der Waals surface area contributed by atoms with E-state index in [0.29, 0.717) is 28.2 Å². The number of H-pyrrole nitrogens is 1. The predicted octanol–water partition coefficient (Wildman–Crippen LogP) is 2.78.